The first kappa shape index (κ1) is 29.2. The van der Waals surface area contributed by atoms with Crippen LogP contribution in [-0.4, -0.2) is 52.9 Å². The van der Waals surface area contributed by atoms with Crippen molar-refractivity contribution in [1.29, 1.82) is 0 Å². The molecular formula is C28H23F4N3O6S. The first-order valence-corrected chi connectivity index (χ1v) is 13.6. The highest BCUT2D eigenvalue weighted by molar-refractivity contribution is 7.98. The monoisotopic (exact) mass is 605 g/mol. The van der Waals surface area contributed by atoms with E-state index in [0.717, 1.165) is 30.2 Å². The Morgan fingerprint density at radius 2 is 1.74 bits per heavy atom. The van der Waals surface area contributed by atoms with Crippen LogP contribution in [0.3, 0.4) is 0 Å². The van der Waals surface area contributed by atoms with Gasteiger partial charge in [0, 0.05) is 36.8 Å². The standard InChI is InChI=1S/C28H23F4N3O6S/c1-15(36)40-12-22(28(30,31)32)33-14-35(34-11-10-21(38)25(41-16(2)37)24(34)27(33)39)23-18-7-4-3-6-17(18)13-42-26-19(23)8-5-9-20(26)29/h3-11,22-23H,12-14H2,1-2H3. The van der Waals surface area contributed by atoms with E-state index in [4.69, 9.17) is 4.74 Å². The van der Waals surface area contributed by atoms with Gasteiger partial charge >= 0.3 is 18.1 Å². The van der Waals surface area contributed by atoms with E-state index < -0.39 is 72.1 Å². The zero-order valence-corrected chi connectivity index (χ0v) is 23.0. The molecule has 2 aliphatic rings. The van der Waals surface area contributed by atoms with Crippen LogP contribution in [0.1, 0.15) is 47.1 Å². The van der Waals surface area contributed by atoms with E-state index in [1.54, 1.807) is 24.3 Å². The minimum Gasteiger partial charge on any atom is -0.463 e. The van der Waals surface area contributed by atoms with Crippen LogP contribution >= 0.6 is 11.8 Å². The number of carbonyl (C=O) groups is 3. The molecule has 14 heteroatoms. The Kier molecular flexibility index (Phi) is 7.75. The van der Waals surface area contributed by atoms with Gasteiger partial charge in [0.15, 0.2) is 11.7 Å². The van der Waals surface area contributed by atoms with Gasteiger partial charge in [-0.2, -0.15) is 13.2 Å². The lowest BCUT2D eigenvalue weighted by atomic mass is 9.94. The number of esters is 2. The summed E-state index contributed by atoms with van der Waals surface area (Å²) >= 11 is 1.22. The fourth-order valence-electron chi connectivity index (χ4n) is 5.05. The van der Waals surface area contributed by atoms with Gasteiger partial charge in [0.1, 0.15) is 19.1 Å². The summed E-state index contributed by atoms with van der Waals surface area (Å²) in [7, 11) is 0. The molecule has 220 valence electrons. The molecule has 42 heavy (non-hydrogen) atoms. The van der Waals surface area contributed by atoms with Crippen LogP contribution in [0.4, 0.5) is 17.6 Å². The number of aromatic nitrogens is 1. The summed E-state index contributed by atoms with van der Waals surface area (Å²) < 4.78 is 69.4. The summed E-state index contributed by atoms with van der Waals surface area (Å²) in [6, 6.07) is 8.85. The molecule has 9 nitrogen and oxygen atoms in total. The van der Waals surface area contributed by atoms with E-state index in [-0.39, 0.29) is 4.90 Å². The van der Waals surface area contributed by atoms with Gasteiger partial charge in [0.05, 0.1) is 6.04 Å². The van der Waals surface area contributed by atoms with Gasteiger partial charge in [-0.15, -0.1) is 11.8 Å². The summed E-state index contributed by atoms with van der Waals surface area (Å²) in [5.74, 6) is -4.22. The Morgan fingerprint density at radius 1 is 1.02 bits per heavy atom. The number of nitrogens with zero attached hydrogens (tertiary/aromatic N) is 3. The van der Waals surface area contributed by atoms with Crippen molar-refractivity contribution in [3.63, 3.8) is 0 Å². The Balaban J connectivity index is 1.79. The molecule has 0 aliphatic carbocycles. The van der Waals surface area contributed by atoms with Crippen molar-refractivity contribution in [1.82, 2.24) is 9.58 Å². The van der Waals surface area contributed by atoms with Crippen LogP contribution in [-0.2, 0) is 20.1 Å². The largest absolute Gasteiger partial charge is 0.463 e. The van der Waals surface area contributed by atoms with Crippen molar-refractivity contribution in [2.45, 2.75) is 42.8 Å². The molecule has 3 heterocycles. The lowest BCUT2D eigenvalue weighted by Gasteiger charge is -2.46. The summed E-state index contributed by atoms with van der Waals surface area (Å²) in [4.78, 5) is 50.7. The predicted molar refractivity (Wildman–Crippen MR) is 142 cm³/mol. The lowest BCUT2D eigenvalue weighted by Crippen LogP contribution is -2.62. The molecule has 1 amide bonds. The van der Waals surface area contributed by atoms with Crippen LogP contribution in [0.5, 0.6) is 5.75 Å². The maximum atomic E-state index is 15.2. The number of halogens is 4. The third-order valence-corrected chi connectivity index (χ3v) is 8.00. The third kappa shape index (κ3) is 5.33. The number of hydrogen-bond donors (Lipinski definition) is 0. The van der Waals surface area contributed by atoms with Crippen LogP contribution in [0.2, 0.25) is 0 Å². The molecule has 1 aromatic heterocycles. The molecule has 2 aliphatic heterocycles. The molecule has 3 aromatic rings. The number of pyridine rings is 1. The number of benzene rings is 2. The van der Waals surface area contributed by atoms with Gasteiger partial charge in [-0.3, -0.25) is 28.9 Å². The van der Waals surface area contributed by atoms with Crippen molar-refractivity contribution in [2.75, 3.05) is 18.3 Å². The topological polar surface area (TPSA) is 98.2 Å². The normalized spacial score (nSPS) is 17.0. The average Bonchev–Trinajstić information content (AvgIpc) is 3.08. The number of ether oxygens (including phenoxy) is 2. The smallest absolute Gasteiger partial charge is 0.412 e. The number of hydrogen-bond acceptors (Lipinski definition) is 8. The second kappa shape index (κ2) is 11.2. The Hall–Kier alpha value is -4.33. The summed E-state index contributed by atoms with van der Waals surface area (Å²) in [6.45, 7) is -0.0413. The van der Waals surface area contributed by atoms with E-state index in [9.17, 15) is 32.3 Å². The van der Waals surface area contributed by atoms with Crippen LogP contribution < -0.4 is 15.2 Å². The molecule has 0 fully saturated rings. The summed E-state index contributed by atoms with van der Waals surface area (Å²) in [5, 5.41) is 1.36. The molecular weight excluding hydrogens is 582 g/mol. The highest BCUT2D eigenvalue weighted by Gasteiger charge is 2.51. The van der Waals surface area contributed by atoms with Crippen LogP contribution in [0.15, 0.2) is 64.4 Å². The fraction of sp³-hybridized carbons (Fsp3) is 0.286. The molecule has 2 atom stereocenters. The molecule has 0 spiro atoms. The lowest BCUT2D eigenvalue weighted by molar-refractivity contribution is -0.192. The maximum absolute atomic E-state index is 15.2. The number of alkyl halides is 3. The molecule has 0 radical (unpaired) electrons. The van der Waals surface area contributed by atoms with E-state index in [0.29, 0.717) is 21.8 Å². The fourth-order valence-corrected chi connectivity index (χ4v) is 6.17. The van der Waals surface area contributed by atoms with E-state index in [1.807, 2.05) is 6.07 Å². The number of carbonyl (C=O) groups excluding carboxylic acids is 3. The van der Waals surface area contributed by atoms with Gasteiger partial charge < -0.3 is 14.4 Å². The van der Waals surface area contributed by atoms with Crippen LogP contribution in [0, 0.1) is 5.82 Å². The van der Waals surface area contributed by atoms with E-state index in [1.165, 1.54) is 35.1 Å². The zero-order valence-electron chi connectivity index (χ0n) is 22.2. The van der Waals surface area contributed by atoms with Gasteiger partial charge in [0.25, 0.3) is 5.91 Å². The number of rotatable bonds is 5. The van der Waals surface area contributed by atoms with Crippen molar-refractivity contribution < 1.29 is 41.4 Å². The molecule has 0 saturated carbocycles. The molecule has 5 rings (SSSR count). The first-order valence-electron chi connectivity index (χ1n) is 12.6. The summed E-state index contributed by atoms with van der Waals surface area (Å²) in [6.07, 6.45) is -3.88. The Morgan fingerprint density at radius 3 is 2.43 bits per heavy atom. The van der Waals surface area contributed by atoms with Gasteiger partial charge in [0.2, 0.25) is 11.2 Å². The van der Waals surface area contributed by atoms with Crippen molar-refractivity contribution in [3.05, 3.63) is 93.2 Å². The Bertz CT molecular complexity index is 1640. The third-order valence-electron chi connectivity index (χ3n) is 6.83. The van der Waals surface area contributed by atoms with Crippen molar-refractivity contribution in [2.24, 2.45) is 0 Å². The number of amides is 1. The van der Waals surface area contributed by atoms with Crippen molar-refractivity contribution >= 4 is 29.6 Å². The van der Waals surface area contributed by atoms with E-state index in [2.05, 4.69) is 4.74 Å². The number of fused-ring (bicyclic) bond motifs is 3. The van der Waals surface area contributed by atoms with Gasteiger partial charge in [-0.25, -0.2) is 4.39 Å². The van der Waals surface area contributed by atoms with Crippen molar-refractivity contribution in [3.8, 4) is 5.75 Å². The molecule has 0 N–H and O–H groups in total. The number of thioether (sulfide) groups is 1. The van der Waals surface area contributed by atoms with E-state index >= 15 is 4.39 Å². The molecule has 0 bridgehead atoms. The minimum absolute atomic E-state index is 0.261. The predicted octanol–water partition coefficient (Wildman–Crippen LogP) is 4.15. The zero-order chi connectivity index (χ0) is 30.3. The highest BCUT2D eigenvalue weighted by Crippen LogP contribution is 2.44. The molecule has 2 aromatic carbocycles. The Labute approximate surface area is 240 Å². The summed E-state index contributed by atoms with van der Waals surface area (Å²) in [5.41, 5.74) is 0.223. The maximum Gasteiger partial charge on any atom is 0.412 e. The highest BCUT2D eigenvalue weighted by atomic mass is 32.2. The quantitative estimate of drug-likeness (QED) is 0.316. The SMILES string of the molecule is CC(=O)OCC(N1CN(C2c3ccccc3CSc3c(F)cccc32)n2ccc(=O)c(OC(C)=O)c2C1=O)C(F)(F)F. The van der Waals surface area contributed by atoms with Gasteiger partial charge in [-0.05, 0) is 22.8 Å². The molecule has 2 unspecified atom stereocenters. The van der Waals surface area contributed by atoms with Crippen LogP contribution in [0.25, 0.3) is 0 Å². The van der Waals surface area contributed by atoms with Gasteiger partial charge in [-0.1, -0.05) is 36.4 Å². The second-order valence-electron chi connectivity index (χ2n) is 9.56. The second-order valence-corrected chi connectivity index (χ2v) is 10.5. The minimum atomic E-state index is -5.07. The average molecular weight is 606 g/mol. The first-order chi connectivity index (χ1) is 19.9. The molecule has 0 saturated heterocycles.